The van der Waals surface area contributed by atoms with Gasteiger partial charge in [0.15, 0.2) is 5.92 Å². The molecule has 1 saturated heterocycles. The van der Waals surface area contributed by atoms with Crippen molar-refractivity contribution in [2.24, 2.45) is 22.7 Å². The second-order valence-corrected chi connectivity index (χ2v) is 7.81. The van der Waals surface area contributed by atoms with Crippen LogP contribution in [0.1, 0.15) is 25.7 Å². The average molecular weight is 404 g/mol. The highest BCUT2D eigenvalue weighted by molar-refractivity contribution is 9.10. The maximum atomic E-state index is 12.9. The lowest BCUT2D eigenvalue weighted by Gasteiger charge is -2.36. The Hall–Kier alpha value is -2.02. The minimum Gasteiger partial charge on any atom is -0.277 e. The normalized spacial score (nSPS) is 31.9. The molecule has 0 radical (unpaired) electrons. The molecule has 1 heterocycles. The largest absolute Gasteiger partial charge is 0.331 e. The molecule has 130 valence electrons. The van der Waals surface area contributed by atoms with Crippen LogP contribution in [0.2, 0.25) is 0 Å². The first-order chi connectivity index (χ1) is 12.0. The van der Waals surface area contributed by atoms with E-state index in [4.69, 9.17) is 0 Å². The number of para-hydroxylation sites is 1. The summed E-state index contributed by atoms with van der Waals surface area (Å²) >= 11 is 3.39. The zero-order valence-corrected chi connectivity index (χ0v) is 15.1. The summed E-state index contributed by atoms with van der Waals surface area (Å²) in [7, 11) is 0. The number of carbonyl (C=O) groups excluding carboxylic acids is 3. The van der Waals surface area contributed by atoms with Gasteiger partial charge in [0.1, 0.15) is 0 Å². The highest BCUT2D eigenvalue weighted by atomic mass is 79.9. The molecule has 25 heavy (non-hydrogen) atoms. The summed E-state index contributed by atoms with van der Waals surface area (Å²) in [5, 5.41) is 2.32. The number of imide groups is 2. The summed E-state index contributed by atoms with van der Waals surface area (Å²) in [5.74, 6) is -1.16. The highest BCUT2D eigenvalue weighted by Crippen LogP contribution is 2.47. The van der Waals surface area contributed by atoms with E-state index in [0.717, 1.165) is 23.7 Å². The van der Waals surface area contributed by atoms with Gasteiger partial charge in [-0.2, -0.15) is 0 Å². The van der Waals surface area contributed by atoms with Crippen molar-refractivity contribution in [3.63, 3.8) is 0 Å². The number of hydrogen-bond acceptors (Lipinski definition) is 4. The lowest BCUT2D eigenvalue weighted by molar-refractivity contribution is -0.141. The monoisotopic (exact) mass is 403 g/mol. The van der Waals surface area contributed by atoms with Gasteiger partial charge in [0, 0.05) is 16.7 Å². The number of barbiturate groups is 1. The third-order valence-corrected chi connectivity index (χ3v) is 6.15. The lowest BCUT2D eigenvalue weighted by atomic mass is 9.92. The number of amides is 4. The summed E-state index contributed by atoms with van der Waals surface area (Å²) in [6.07, 6.45) is 5.49. The summed E-state index contributed by atoms with van der Waals surface area (Å²) in [6, 6.07) is 6.63. The van der Waals surface area contributed by atoms with Crippen LogP contribution in [0.15, 0.2) is 33.7 Å². The van der Waals surface area contributed by atoms with Gasteiger partial charge in [0.25, 0.3) is 0 Å². The molecule has 3 fully saturated rings. The van der Waals surface area contributed by atoms with Crippen molar-refractivity contribution in [3.8, 4) is 0 Å². The summed E-state index contributed by atoms with van der Waals surface area (Å²) in [4.78, 5) is 42.8. The quantitative estimate of drug-likeness (QED) is 0.622. The van der Waals surface area contributed by atoms with E-state index in [1.165, 1.54) is 17.5 Å². The van der Waals surface area contributed by atoms with Crippen molar-refractivity contribution in [1.29, 1.82) is 0 Å². The molecule has 2 saturated carbocycles. The Bertz CT molecular complexity index is 779. The maximum Gasteiger partial charge on any atom is 0.331 e. The molecule has 1 aromatic carbocycles. The van der Waals surface area contributed by atoms with Crippen LogP contribution < -0.4 is 5.32 Å². The van der Waals surface area contributed by atoms with Crippen LogP contribution in [-0.4, -0.2) is 35.0 Å². The third kappa shape index (κ3) is 2.90. The van der Waals surface area contributed by atoms with E-state index in [0.29, 0.717) is 17.5 Å². The second-order valence-electron chi connectivity index (χ2n) is 6.95. The molecule has 2 bridgehead atoms. The van der Waals surface area contributed by atoms with Crippen LogP contribution in [0.3, 0.4) is 0 Å². The Morgan fingerprint density at radius 2 is 1.96 bits per heavy atom. The first-order valence-electron chi connectivity index (χ1n) is 8.51. The number of nitrogens with one attached hydrogen (secondary N) is 1. The smallest absolute Gasteiger partial charge is 0.277 e. The molecule has 1 aromatic rings. The average Bonchev–Trinajstić information content (AvgIpc) is 3.19. The van der Waals surface area contributed by atoms with Gasteiger partial charge >= 0.3 is 6.03 Å². The van der Waals surface area contributed by atoms with E-state index < -0.39 is 23.8 Å². The number of hydrogen-bond donors (Lipinski definition) is 1. The van der Waals surface area contributed by atoms with Crippen LogP contribution in [0.4, 0.5) is 10.5 Å². The highest BCUT2D eigenvalue weighted by Gasteiger charge is 2.50. The van der Waals surface area contributed by atoms with Gasteiger partial charge in [0.2, 0.25) is 11.8 Å². The zero-order valence-electron chi connectivity index (χ0n) is 13.5. The van der Waals surface area contributed by atoms with Gasteiger partial charge in [-0.05, 0) is 59.2 Å². The Morgan fingerprint density at radius 1 is 1.16 bits per heavy atom. The number of fused-ring (bicyclic) bond motifs is 2. The summed E-state index contributed by atoms with van der Waals surface area (Å²) < 4.78 is 0.774. The fraction of sp³-hybridized carbons (Fsp3) is 0.444. The number of benzene rings is 1. The third-order valence-electron chi connectivity index (χ3n) is 5.48. The fourth-order valence-corrected chi connectivity index (χ4v) is 4.68. The maximum absolute atomic E-state index is 12.9. The Balaban J connectivity index is 1.57. The van der Waals surface area contributed by atoms with Gasteiger partial charge in [-0.25, -0.2) is 4.79 Å². The van der Waals surface area contributed by atoms with Gasteiger partial charge in [-0.3, -0.25) is 24.8 Å². The van der Waals surface area contributed by atoms with Crippen molar-refractivity contribution >= 4 is 45.7 Å². The summed E-state index contributed by atoms with van der Waals surface area (Å²) in [5.41, 5.74) is 0.631. The molecule has 0 aromatic heterocycles. The SMILES string of the molecule is O=C1NC(=O)N([C@@H]2C[C@H]3CC[C@H]2C3)C(=O)[C@@H]1C=Nc1ccccc1Br. The number of rotatable bonds is 3. The predicted octanol–water partition coefficient (Wildman–Crippen LogP) is 3.03. The van der Waals surface area contributed by atoms with E-state index in [1.54, 1.807) is 6.07 Å². The van der Waals surface area contributed by atoms with Gasteiger partial charge < -0.3 is 0 Å². The molecule has 1 aliphatic heterocycles. The van der Waals surface area contributed by atoms with Crippen LogP contribution >= 0.6 is 15.9 Å². The molecular weight excluding hydrogens is 386 g/mol. The Morgan fingerprint density at radius 3 is 2.64 bits per heavy atom. The molecule has 7 heteroatoms. The van der Waals surface area contributed by atoms with Crippen LogP contribution in [0, 0.1) is 17.8 Å². The molecule has 3 aliphatic rings. The molecule has 6 nitrogen and oxygen atoms in total. The Kier molecular flexibility index (Phi) is 4.19. The minimum absolute atomic E-state index is 0.0845. The van der Waals surface area contributed by atoms with Gasteiger partial charge in [0.05, 0.1) is 5.69 Å². The molecule has 4 amide bonds. The lowest BCUT2D eigenvalue weighted by Crippen LogP contribution is -2.62. The number of aliphatic imine (C=N–C) groups is 1. The first-order valence-corrected chi connectivity index (χ1v) is 9.30. The van der Waals surface area contributed by atoms with E-state index >= 15 is 0 Å². The number of nitrogens with zero attached hydrogens (tertiary/aromatic N) is 2. The second kappa shape index (κ2) is 6.37. The minimum atomic E-state index is -1.07. The van der Waals surface area contributed by atoms with E-state index in [9.17, 15) is 14.4 Å². The van der Waals surface area contributed by atoms with Crippen molar-refractivity contribution in [2.75, 3.05) is 0 Å². The Labute approximate surface area is 153 Å². The molecule has 4 atom stereocenters. The molecule has 1 N–H and O–H groups in total. The number of carbonyl (C=O) groups is 3. The van der Waals surface area contributed by atoms with Gasteiger partial charge in [-0.15, -0.1) is 0 Å². The van der Waals surface area contributed by atoms with E-state index in [-0.39, 0.29) is 6.04 Å². The molecule has 4 rings (SSSR count). The number of urea groups is 1. The number of halogens is 1. The first kappa shape index (κ1) is 16.4. The zero-order chi connectivity index (χ0) is 17.6. The summed E-state index contributed by atoms with van der Waals surface area (Å²) in [6.45, 7) is 0. The van der Waals surface area contributed by atoms with Crippen LogP contribution in [0.25, 0.3) is 0 Å². The molecular formula is C18H18BrN3O3. The molecule has 0 spiro atoms. The molecule has 2 aliphatic carbocycles. The van der Waals surface area contributed by atoms with Crippen molar-refractivity contribution in [2.45, 2.75) is 31.7 Å². The van der Waals surface area contributed by atoms with Crippen LogP contribution in [-0.2, 0) is 9.59 Å². The van der Waals surface area contributed by atoms with E-state index in [1.807, 2.05) is 18.2 Å². The fourth-order valence-electron chi connectivity index (χ4n) is 4.29. The van der Waals surface area contributed by atoms with Crippen molar-refractivity contribution < 1.29 is 14.4 Å². The van der Waals surface area contributed by atoms with Crippen LogP contribution in [0.5, 0.6) is 0 Å². The van der Waals surface area contributed by atoms with E-state index in [2.05, 4.69) is 26.2 Å². The topological polar surface area (TPSA) is 78.8 Å². The standard InChI is InChI=1S/C18H18BrN3O3/c19-13-3-1-2-4-14(13)20-9-12-16(23)21-18(25)22(17(12)24)15-8-10-5-6-11(15)7-10/h1-4,9-12,15H,5-8H2,(H,21,23,25)/t10-,11-,12+,15+/m0/s1. The van der Waals surface area contributed by atoms with Gasteiger partial charge in [-0.1, -0.05) is 18.6 Å². The van der Waals surface area contributed by atoms with Crippen molar-refractivity contribution in [1.82, 2.24) is 10.2 Å². The predicted molar refractivity (Wildman–Crippen MR) is 95.4 cm³/mol. The molecule has 0 unspecified atom stereocenters. The van der Waals surface area contributed by atoms with Crippen molar-refractivity contribution in [3.05, 3.63) is 28.7 Å².